The van der Waals surface area contributed by atoms with Crippen LogP contribution in [0.1, 0.15) is 127 Å². The predicted octanol–water partition coefficient (Wildman–Crippen LogP) is 18.7. The van der Waals surface area contributed by atoms with Crippen molar-refractivity contribution < 1.29 is 32.2 Å². The van der Waals surface area contributed by atoms with E-state index in [-0.39, 0.29) is 5.91 Å². The molecule has 1 heterocycles. The Labute approximate surface area is 452 Å². The molecule has 0 aromatic heterocycles. The molecule has 8 aromatic carbocycles. The minimum absolute atomic E-state index is 0.203. The standard InChI is InChI=1S/C67H61BrF3NO4/c1-6-7-8-9-41-10-12-42(13-11-41)43-14-16-44(17-15-43)45-18-20-47(21-19-45)64(73)72-52-29-22-46(23-30-52)48-38-58-60-55-35-28-51(67(69,70)71)40-57(55)63-56(62(60)65(2,3)61(58)59(68)39-48)36-37-66(76-63,49-24-31-53(74-4)32-25-49)50-26-33-54(75-5)34-27-50/h14-42H,6-13H2,1-5H3,(H,72,73). The van der Waals surface area contributed by atoms with Crippen LogP contribution < -0.4 is 19.5 Å². The molecular weight excluding hydrogens is 1020 g/mol. The molecule has 8 aromatic rings. The minimum Gasteiger partial charge on any atom is -0.497 e. The summed E-state index contributed by atoms with van der Waals surface area (Å²) in [6.45, 7) is 6.59. The molecule has 0 atom stereocenters. The van der Waals surface area contributed by atoms with Crippen molar-refractivity contribution in [2.45, 2.75) is 95.2 Å². The average molecular weight is 1080 g/mol. The Morgan fingerprint density at radius 2 is 1.28 bits per heavy atom. The van der Waals surface area contributed by atoms with Gasteiger partial charge < -0.3 is 19.5 Å². The SMILES string of the molecule is CCCCCC1CCC(c2ccc(-c3ccc(C(=O)Nc4ccc(-c5cc(Br)c6c(c5)-c5c(c7c(c8cc(C(F)(F)F)ccc58)OC(c5ccc(OC)cc5)(c5ccc(OC)cc5)C=C7)C6(C)C)cc4)cc3)cc2)CC1. The molecule has 9 heteroatoms. The van der Waals surface area contributed by atoms with Crippen LogP contribution in [0.4, 0.5) is 18.9 Å². The second kappa shape index (κ2) is 20.5. The third-order valence-corrected chi connectivity index (χ3v) is 17.0. The number of hydrogen-bond acceptors (Lipinski definition) is 4. The van der Waals surface area contributed by atoms with Crippen LogP contribution in [-0.2, 0) is 17.2 Å². The maximum absolute atomic E-state index is 14.7. The maximum atomic E-state index is 14.7. The molecule has 0 spiro atoms. The number of methoxy groups -OCH3 is 2. The van der Waals surface area contributed by atoms with Crippen molar-refractivity contribution in [1.29, 1.82) is 0 Å². The van der Waals surface area contributed by atoms with Crippen molar-refractivity contribution >= 4 is 44.4 Å². The number of alkyl halides is 3. The topological polar surface area (TPSA) is 56.8 Å². The number of carbonyl (C=O) groups excluding carboxylic acids is 1. The summed E-state index contributed by atoms with van der Waals surface area (Å²) in [6.07, 6.45) is 10.0. The summed E-state index contributed by atoms with van der Waals surface area (Å²) < 4.78 is 63.4. The molecule has 1 fully saturated rings. The molecule has 0 radical (unpaired) electrons. The Morgan fingerprint density at radius 1 is 0.684 bits per heavy atom. The summed E-state index contributed by atoms with van der Waals surface area (Å²) in [6, 6.07) is 47.8. The number of ether oxygens (including phenoxy) is 3. The molecule has 2 aliphatic carbocycles. The van der Waals surface area contributed by atoms with Crippen molar-refractivity contribution in [2.75, 3.05) is 19.5 Å². The van der Waals surface area contributed by atoms with Gasteiger partial charge in [-0.25, -0.2) is 0 Å². The first-order valence-electron chi connectivity index (χ1n) is 26.5. The van der Waals surface area contributed by atoms with Crippen molar-refractivity contribution in [2.24, 2.45) is 5.92 Å². The Hall–Kier alpha value is -7.10. The van der Waals surface area contributed by atoms with E-state index in [1.165, 1.54) is 63.0 Å². The Balaban J connectivity index is 0.877. The number of fused-ring (bicyclic) bond motifs is 8. The van der Waals surface area contributed by atoms with Gasteiger partial charge in [0.05, 0.1) is 19.8 Å². The number of halogens is 4. The van der Waals surface area contributed by atoms with Gasteiger partial charge in [-0.15, -0.1) is 0 Å². The molecule has 11 rings (SSSR count). The zero-order valence-corrected chi connectivity index (χ0v) is 45.1. The van der Waals surface area contributed by atoms with Gasteiger partial charge in [0.25, 0.3) is 5.91 Å². The molecule has 3 aliphatic rings. The van der Waals surface area contributed by atoms with Crippen molar-refractivity contribution in [3.05, 3.63) is 207 Å². The number of carbonyl (C=O) groups is 1. The Morgan fingerprint density at radius 3 is 1.87 bits per heavy atom. The number of benzene rings is 8. The lowest BCUT2D eigenvalue weighted by Crippen LogP contribution is -2.35. The highest BCUT2D eigenvalue weighted by Crippen LogP contribution is 2.60. The number of rotatable bonds is 13. The van der Waals surface area contributed by atoms with Crippen LogP contribution in [0.2, 0.25) is 0 Å². The highest BCUT2D eigenvalue weighted by molar-refractivity contribution is 9.10. The Kier molecular flexibility index (Phi) is 13.7. The molecule has 0 saturated heterocycles. The van der Waals surface area contributed by atoms with E-state index in [4.69, 9.17) is 14.2 Å². The van der Waals surface area contributed by atoms with E-state index >= 15 is 0 Å². The van der Waals surface area contributed by atoms with Crippen LogP contribution in [0, 0.1) is 5.92 Å². The summed E-state index contributed by atoms with van der Waals surface area (Å²) in [4.78, 5) is 13.6. The first kappa shape index (κ1) is 51.0. The summed E-state index contributed by atoms with van der Waals surface area (Å²) in [5.74, 6) is 3.01. The smallest absolute Gasteiger partial charge is 0.416 e. The highest BCUT2D eigenvalue weighted by Gasteiger charge is 2.46. The third-order valence-electron chi connectivity index (χ3n) is 16.4. The maximum Gasteiger partial charge on any atom is 0.416 e. The van der Waals surface area contributed by atoms with Gasteiger partial charge >= 0.3 is 6.18 Å². The van der Waals surface area contributed by atoms with E-state index in [9.17, 15) is 18.0 Å². The van der Waals surface area contributed by atoms with E-state index < -0.39 is 22.8 Å². The summed E-state index contributed by atoms with van der Waals surface area (Å²) in [5, 5.41) is 4.08. The van der Waals surface area contributed by atoms with Crippen LogP contribution in [0.15, 0.2) is 162 Å². The quantitative estimate of drug-likeness (QED) is 0.117. The zero-order chi connectivity index (χ0) is 52.9. The van der Waals surface area contributed by atoms with E-state index in [1.54, 1.807) is 20.3 Å². The van der Waals surface area contributed by atoms with Gasteiger partial charge in [0.2, 0.25) is 0 Å². The second-order valence-corrected chi connectivity index (χ2v) is 22.2. The van der Waals surface area contributed by atoms with Gasteiger partial charge in [-0.05, 0) is 172 Å². The number of anilines is 1. The molecule has 1 aliphatic heterocycles. The lowest BCUT2D eigenvalue weighted by Gasteiger charge is -2.38. The minimum atomic E-state index is -4.60. The molecule has 0 unspecified atom stereocenters. The molecule has 386 valence electrons. The molecule has 5 nitrogen and oxygen atoms in total. The van der Waals surface area contributed by atoms with Crippen LogP contribution in [0.25, 0.3) is 50.2 Å². The van der Waals surface area contributed by atoms with Crippen molar-refractivity contribution in [1.82, 2.24) is 0 Å². The molecule has 0 bridgehead atoms. The molecule has 1 amide bonds. The van der Waals surface area contributed by atoms with Crippen LogP contribution >= 0.6 is 15.9 Å². The summed E-state index contributed by atoms with van der Waals surface area (Å²) in [5.41, 5.74) is 10.1. The van der Waals surface area contributed by atoms with Crippen LogP contribution in [0.5, 0.6) is 17.2 Å². The van der Waals surface area contributed by atoms with Crippen molar-refractivity contribution in [3.8, 4) is 50.6 Å². The average Bonchev–Trinajstić information content (AvgIpc) is 3.88. The van der Waals surface area contributed by atoms with Crippen LogP contribution in [0.3, 0.4) is 0 Å². The van der Waals surface area contributed by atoms with Gasteiger partial charge in [0, 0.05) is 43.2 Å². The molecule has 1 N–H and O–H groups in total. The van der Waals surface area contributed by atoms with Gasteiger partial charge in [-0.1, -0.05) is 147 Å². The lowest BCUT2D eigenvalue weighted by atomic mass is 9.76. The monoisotopic (exact) mass is 1080 g/mol. The van der Waals surface area contributed by atoms with E-state index in [1.807, 2.05) is 109 Å². The number of nitrogens with one attached hydrogen (secondary N) is 1. The largest absolute Gasteiger partial charge is 0.497 e. The predicted molar refractivity (Wildman–Crippen MR) is 305 cm³/mol. The Bertz CT molecular complexity index is 3440. The van der Waals surface area contributed by atoms with Gasteiger partial charge in [-0.3, -0.25) is 4.79 Å². The van der Waals surface area contributed by atoms with E-state index in [2.05, 4.69) is 78.4 Å². The highest BCUT2D eigenvalue weighted by atomic mass is 79.9. The molecule has 76 heavy (non-hydrogen) atoms. The summed E-state index contributed by atoms with van der Waals surface area (Å²) in [7, 11) is 3.20. The van der Waals surface area contributed by atoms with Gasteiger partial charge in [0.1, 0.15) is 17.2 Å². The lowest BCUT2D eigenvalue weighted by molar-refractivity contribution is -0.137. The zero-order valence-electron chi connectivity index (χ0n) is 43.5. The van der Waals surface area contributed by atoms with E-state index in [0.29, 0.717) is 45.2 Å². The number of unbranched alkanes of at least 4 members (excludes halogenated alkanes) is 2. The third kappa shape index (κ3) is 9.39. The normalized spacial score (nSPS) is 17.1. The summed E-state index contributed by atoms with van der Waals surface area (Å²) >= 11 is 3.98. The first-order chi connectivity index (χ1) is 36.7. The van der Waals surface area contributed by atoms with Crippen LogP contribution in [-0.4, -0.2) is 20.1 Å². The van der Waals surface area contributed by atoms with Crippen molar-refractivity contribution in [3.63, 3.8) is 0 Å². The van der Waals surface area contributed by atoms with Gasteiger partial charge in [-0.2, -0.15) is 13.2 Å². The second-order valence-electron chi connectivity index (χ2n) is 21.3. The molecular formula is C67H61BrF3NO4. The first-order valence-corrected chi connectivity index (χ1v) is 27.3. The number of hydrogen-bond donors (Lipinski definition) is 1. The fraction of sp³-hybridized carbons (Fsp3) is 0.269. The molecule has 1 saturated carbocycles. The van der Waals surface area contributed by atoms with E-state index in [0.717, 1.165) is 77.7 Å². The fourth-order valence-electron chi connectivity index (χ4n) is 12.3. The fourth-order valence-corrected chi connectivity index (χ4v) is 13.3. The van der Waals surface area contributed by atoms with Gasteiger partial charge in [0.15, 0.2) is 5.60 Å². The number of amides is 1.